The maximum absolute atomic E-state index is 12.4. The lowest BCUT2D eigenvalue weighted by Gasteiger charge is -2.59. The van der Waals surface area contributed by atoms with Crippen LogP contribution in [0, 0.1) is 23.2 Å². The van der Waals surface area contributed by atoms with E-state index in [0.29, 0.717) is 17.6 Å². The van der Waals surface area contributed by atoms with Gasteiger partial charge in [-0.15, -0.1) is 0 Å². The number of Topliss-reactive ketones (excluding diaryl/α,β-unsaturated/α-hetero) is 1. The second-order valence-corrected chi connectivity index (χ2v) is 6.96. The van der Waals surface area contributed by atoms with Crippen LogP contribution in [0.25, 0.3) is 6.08 Å². The fourth-order valence-corrected chi connectivity index (χ4v) is 3.99. The summed E-state index contributed by atoms with van der Waals surface area (Å²) in [5, 5.41) is 0.731. The van der Waals surface area contributed by atoms with Crippen LogP contribution in [0.2, 0.25) is 5.02 Å². The maximum atomic E-state index is 12.4. The lowest BCUT2D eigenvalue weighted by Crippen LogP contribution is -2.56. The van der Waals surface area contributed by atoms with Crippen LogP contribution in [-0.4, -0.2) is 5.78 Å². The first-order valence-corrected chi connectivity index (χ1v) is 7.30. The zero-order chi connectivity index (χ0) is 13.8. The predicted octanol–water partition coefficient (Wildman–Crippen LogP) is 4.60. The van der Waals surface area contributed by atoms with Crippen LogP contribution in [0.5, 0.6) is 0 Å². The van der Waals surface area contributed by atoms with Gasteiger partial charge in [0, 0.05) is 10.9 Å². The second kappa shape index (κ2) is 4.21. The highest BCUT2D eigenvalue weighted by molar-refractivity contribution is 6.30. The van der Waals surface area contributed by atoms with Gasteiger partial charge >= 0.3 is 0 Å². The van der Waals surface area contributed by atoms with Gasteiger partial charge in [-0.05, 0) is 53.0 Å². The van der Waals surface area contributed by atoms with E-state index in [2.05, 4.69) is 26.8 Å². The third-order valence-electron chi connectivity index (χ3n) is 5.21. The highest BCUT2D eigenvalue weighted by Crippen LogP contribution is 2.62. The molecule has 0 aromatic heterocycles. The van der Waals surface area contributed by atoms with E-state index >= 15 is 0 Å². The van der Waals surface area contributed by atoms with Gasteiger partial charge in [-0.3, -0.25) is 4.79 Å². The normalized spacial score (nSPS) is 34.2. The molecule has 1 nitrogen and oxygen atoms in total. The molecule has 1 aromatic rings. The van der Waals surface area contributed by atoms with Crippen LogP contribution >= 0.6 is 11.6 Å². The van der Waals surface area contributed by atoms with Crippen molar-refractivity contribution in [1.82, 2.24) is 0 Å². The molecule has 19 heavy (non-hydrogen) atoms. The van der Waals surface area contributed by atoms with Crippen LogP contribution in [-0.2, 0) is 4.79 Å². The number of fused-ring (bicyclic) bond motifs is 2. The van der Waals surface area contributed by atoms with Gasteiger partial charge < -0.3 is 0 Å². The van der Waals surface area contributed by atoms with Crippen molar-refractivity contribution in [2.45, 2.75) is 27.2 Å². The third-order valence-corrected chi connectivity index (χ3v) is 5.46. The van der Waals surface area contributed by atoms with E-state index in [9.17, 15) is 4.79 Å². The number of halogens is 1. The van der Waals surface area contributed by atoms with Crippen LogP contribution in [0.4, 0.5) is 0 Å². The zero-order valence-electron chi connectivity index (χ0n) is 11.6. The highest BCUT2D eigenvalue weighted by atomic mass is 35.5. The van der Waals surface area contributed by atoms with E-state index in [1.165, 1.54) is 6.42 Å². The lowest BCUT2D eigenvalue weighted by atomic mass is 9.44. The van der Waals surface area contributed by atoms with Crippen LogP contribution in [0.3, 0.4) is 0 Å². The topological polar surface area (TPSA) is 17.1 Å². The molecule has 3 aliphatic carbocycles. The Morgan fingerprint density at radius 3 is 2.47 bits per heavy atom. The summed E-state index contributed by atoms with van der Waals surface area (Å²) >= 11 is 5.90. The molecule has 1 aromatic carbocycles. The fourth-order valence-electron chi connectivity index (χ4n) is 3.86. The number of carbonyl (C=O) groups is 1. The molecular weight excluding hydrogens is 256 g/mol. The summed E-state index contributed by atoms with van der Waals surface area (Å²) in [6, 6.07) is 7.70. The Hall–Kier alpha value is -1.08. The van der Waals surface area contributed by atoms with E-state index in [1.54, 1.807) is 0 Å². The number of rotatable bonds is 1. The van der Waals surface area contributed by atoms with Gasteiger partial charge in [-0.1, -0.05) is 44.5 Å². The first-order chi connectivity index (χ1) is 8.91. The minimum absolute atomic E-state index is 0.165. The molecule has 4 rings (SSSR count). The standard InChI is InChI=1S/C17H19ClO/c1-10-14-9-15(17(14,2)3)13(16(10)19)8-11-4-6-12(18)7-5-11/h4-8,10,14-15H,9H2,1-3H3/b13-8+/t10-,14+,15-/m1/s1. The van der Waals surface area contributed by atoms with Gasteiger partial charge in [0.1, 0.15) is 0 Å². The van der Waals surface area contributed by atoms with Crippen molar-refractivity contribution in [3.63, 3.8) is 0 Å². The highest BCUT2D eigenvalue weighted by Gasteiger charge is 2.58. The molecular formula is C17H19ClO. The van der Waals surface area contributed by atoms with Gasteiger partial charge in [0.2, 0.25) is 0 Å². The molecule has 3 saturated carbocycles. The summed E-state index contributed by atoms with van der Waals surface area (Å²) in [6.45, 7) is 6.68. The largest absolute Gasteiger partial charge is 0.294 e. The molecule has 3 atom stereocenters. The molecule has 0 spiro atoms. The van der Waals surface area contributed by atoms with Crippen molar-refractivity contribution in [2.24, 2.45) is 23.2 Å². The molecule has 100 valence electrons. The molecule has 0 unspecified atom stereocenters. The monoisotopic (exact) mass is 274 g/mol. The van der Waals surface area contributed by atoms with Crippen LogP contribution in [0.15, 0.2) is 29.8 Å². The number of allylic oxidation sites excluding steroid dienone is 1. The molecule has 0 amide bonds. The number of ketones is 1. The maximum Gasteiger partial charge on any atom is 0.162 e. The molecule has 2 heteroatoms. The van der Waals surface area contributed by atoms with E-state index < -0.39 is 0 Å². The second-order valence-electron chi connectivity index (χ2n) is 6.52. The first-order valence-electron chi connectivity index (χ1n) is 6.92. The molecule has 3 aliphatic rings. The minimum atomic E-state index is 0.165. The Balaban J connectivity index is 1.99. The Bertz CT molecular complexity index is 553. The summed E-state index contributed by atoms with van der Waals surface area (Å²) in [4.78, 5) is 12.4. The van der Waals surface area contributed by atoms with E-state index in [0.717, 1.165) is 16.2 Å². The third kappa shape index (κ3) is 1.87. The SMILES string of the molecule is C[C@H]1C(=O)/C(=C/c2ccc(Cl)cc2)[C@H]2C[C@@H]1C2(C)C. The van der Waals surface area contributed by atoms with Gasteiger partial charge in [-0.25, -0.2) is 0 Å². The number of carbonyl (C=O) groups excluding carboxylic acids is 1. The number of hydrogen-bond donors (Lipinski definition) is 0. The number of hydrogen-bond acceptors (Lipinski definition) is 1. The molecule has 0 aliphatic heterocycles. The van der Waals surface area contributed by atoms with Gasteiger partial charge in [0.05, 0.1) is 0 Å². The minimum Gasteiger partial charge on any atom is -0.294 e. The first kappa shape index (κ1) is 12.9. The summed E-state index contributed by atoms with van der Waals surface area (Å²) in [6.07, 6.45) is 3.23. The van der Waals surface area contributed by atoms with Crippen molar-refractivity contribution in [1.29, 1.82) is 0 Å². The van der Waals surface area contributed by atoms with Gasteiger partial charge in [-0.2, -0.15) is 0 Å². The molecule has 0 saturated heterocycles. The van der Waals surface area contributed by atoms with Crippen molar-refractivity contribution >= 4 is 23.5 Å². The molecule has 3 fully saturated rings. The smallest absolute Gasteiger partial charge is 0.162 e. The van der Waals surface area contributed by atoms with Crippen molar-refractivity contribution in [3.05, 3.63) is 40.4 Å². The predicted molar refractivity (Wildman–Crippen MR) is 79.0 cm³/mol. The Kier molecular flexibility index (Phi) is 2.86. The van der Waals surface area contributed by atoms with E-state index in [1.807, 2.05) is 24.3 Å². The van der Waals surface area contributed by atoms with Crippen molar-refractivity contribution in [3.8, 4) is 0 Å². The molecule has 2 bridgehead atoms. The number of benzene rings is 1. The summed E-state index contributed by atoms with van der Waals surface area (Å²) in [5.74, 6) is 1.50. The van der Waals surface area contributed by atoms with Gasteiger partial charge in [0.25, 0.3) is 0 Å². The molecule has 0 heterocycles. The fraction of sp³-hybridized carbons (Fsp3) is 0.471. The van der Waals surface area contributed by atoms with E-state index in [-0.39, 0.29) is 11.3 Å². The average Bonchev–Trinajstić information content (AvgIpc) is 2.36. The summed E-state index contributed by atoms with van der Waals surface area (Å²) in [7, 11) is 0. The molecule has 0 radical (unpaired) electrons. The Labute approximate surface area is 119 Å². The average molecular weight is 275 g/mol. The zero-order valence-corrected chi connectivity index (χ0v) is 12.4. The summed E-state index contributed by atoms with van der Waals surface area (Å²) in [5.41, 5.74) is 2.36. The Morgan fingerprint density at radius 2 is 1.89 bits per heavy atom. The Morgan fingerprint density at radius 1 is 1.26 bits per heavy atom. The van der Waals surface area contributed by atoms with E-state index in [4.69, 9.17) is 11.6 Å². The van der Waals surface area contributed by atoms with Gasteiger partial charge in [0.15, 0.2) is 5.78 Å². The lowest BCUT2D eigenvalue weighted by molar-refractivity contribution is -0.139. The molecule has 0 N–H and O–H groups in total. The van der Waals surface area contributed by atoms with Crippen LogP contribution in [0.1, 0.15) is 32.8 Å². The quantitative estimate of drug-likeness (QED) is 0.684. The van der Waals surface area contributed by atoms with Crippen LogP contribution < -0.4 is 0 Å². The summed E-state index contributed by atoms with van der Waals surface area (Å²) < 4.78 is 0. The van der Waals surface area contributed by atoms with Crippen molar-refractivity contribution < 1.29 is 4.79 Å². The van der Waals surface area contributed by atoms with Crippen molar-refractivity contribution in [2.75, 3.05) is 0 Å².